The lowest BCUT2D eigenvalue weighted by Crippen LogP contribution is -2.03. The van der Waals surface area contributed by atoms with Gasteiger partial charge in [0.05, 0.1) is 29.1 Å². The summed E-state index contributed by atoms with van der Waals surface area (Å²) >= 11 is 5.65. The number of hydrogen-bond donors (Lipinski definition) is 1. The van der Waals surface area contributed by atoms with Crippen LogP contribution in [0, 0.1) is 5.82 Å². The van der Waals surface area contributed by atoms with Crippen LogP contribution in [0.15, 0.2) is 36.8 Å². The Morgan fingerprint density at radius 3 is 2.94 bits per heavy atom. The number of halogens is 2. The van der Waals surface area contributed by atoms with E-state index < -0.39 is 5.82 Å². The fraction of sp³-hybridized carbons (Fsp3) is 0.0909. The smallest absolute Gasteiger partial charge is 0.164 e. The molecule has 1 aromatic carbocycles. The summed E-state index contributed by atoms with van der Waals surface area (Å²) in [7, 11) is 0. The molecule has 0 spiro atoms. The quantitative estimate of drug-likeness (QED) is 0.892. The Kier molecular flexibility index (Phi) is 3.31. The normalized spacial score (nSPS) is 10.1. The predicted molar refractivity (Wildman–Crippen MR) is 60.8 cm³/mol. The molecule has 0 aliphatic carbocycles. The molecule has 3 nitrogen and oxygen atoms in total. The van der Waals surface area contributed by atoms with Crippen LogP contribution in [0.5, 0.6) is 0 Å². The molecular formula is C11H9ClFN3. The highest BCUT2D eigenvalue weighted by Gasteiger charge is 2.05. The summed E-state index contributed by atoms with van der Waals surface area (Å²) in [4.78, 5) is 7.98. The molecule has 0 amide bonds. The second-order valence-electron chi connectivity index (χ2n) is 3.15. The standard InChI is InChI=1S/C11H9ClFN3/c12-9-2-1-3-10(11(9)13)16-7-8-6-14-4-5-15-8/h1-6,16H,7H2. The van der Waals surface area contributed by atoms with Crippen LogP contribution in [0.1, 0.15) is 5.69 Å². The summed E-state index contributed by atoms with van der Waals surface area (Å²) < 4.78 is 13.5. The topological polar surface area (TPSA) is 37.8 Å². The number of hydrogen-bond acceptors (Lipinski definition) is 3. The van der Waals surface area contributed by atoms with Gasteiger partial charge in [0.1, 0.15) is 0 Å². The van der Waals surface area contributed by atoms with Gasteiger partial charge in [-0.2, -0.15) is 0 Å². The van der Waals surface area contributed by atoms with E-state index in [0.717, 1.165) is 5.69 Å². The van der Waals surface area contributed by atoms with E-state index in [-0.39, 0.29) is 5.02 Å². The molecule has 0 saturated heterocycles. The van der Waals surface area contributed by atoms with Crippen molar-refractivity contribution in [2.45, 2.75) is 6.54 Å². The van der Waals surface area contributed by atoms with Crippen molar-refractivity contribution in [3.05, 3.63) is 53.3 Å². The molecule has 16 heavy (non-hydrogen) atoms. The molecule has 1 aromatic heterocycles. The maximum atomic E-state index is 13.5. The van der Waals surface area contributed by atoms with E-state index in [1.807, 2.05) is 0 Å². The maximum Gasteiger partial charge on any atom is 0.164 e. The van der Waals surface area contributed by atoms with Gasteiger partial charge in [0, 0.05) is 12.4 Å². The van der Waals surface area contributed by atoms with Gasteiger partial charge in [0.2, 0.25) is 0 Å². The van der Waals surface area contributed by atoms with Crippen LogP contribution in [-0.2, 0) is 6.54 Å². The molecule has 1 N–H and O–H groups in total. The zero-order chi connectivity index (χ0) is 11.4. The molecule has 5 heteroatoms. The monoisotopic (exact) mass is 237 g/mol. The minimum absolute atomic E-state index is 0.101. The lowest BCUT2D eigenvalue weighted by Gasteiger charge is -2.07. The van der Waals surface area contributed by atoms with Crippen LogP contribution in [0.3, 0.4) is 0 Å². The average molecular weight is 238 g/mol. The van der Waals surface area contributed by atoms with Crippen molar-refractivity contribution in [3.63, 3.8) is 0 Å². The van der Waals surface area contributed by atoms with Gasteiger partial charge in [0.15, 0.2) is 5.82 Å². The van der Waals surface area contributed by atoms with Crippen molar-refractivity contribution in [3.8, 4) is 0 Å². The van der Waals surface area contributed by atoms with Gasteiger partial charge in [-0.1, -0.05) is 17.7 Å². The average Bonchev–Trinajstić information content (AvgIpc) is 2.32. The van der Waals surface area contributed by atoms with Crippen LogP contribution in [-0.4, -0.2) is 9.97 Å². The minimum Gasteiger partial charge on any atom is -0.377 e. The summed E-state index contributed by atoms with van der Waals surface area (Å²) in [6, 6.07) is 4.81. The van der Waals surface area contributed by atoms with E-state index in [9.17, 15) is 4.39 Å². The predicted octanol–water partition coefficient (Wildman–Crippen LogP) is 2.88. The van der Waals surface area contributed by atoms with Crippen molar-refractivity contribution in [1.29, 1.82) is 0 Å². The van der Waals surface area contributed by atoms with Gasteiger partial charge in [-0.25, -0.2) is 4.39 Å². The minimum atomic E-state index is -0.451. The molecule has 0 atom stereocenters. The fourth-order valence-corrected chi connectivity index (χ4v) is 1.42. The first-order valence-corrected chi connectivity index (χ1v) is 5.08. The number of benzene rings is 1. The van der Waals surface area contributed by atoms with E-state index in [4.69, 9.17) is 11.6 Å². The van der Waals surface area contributed by atoms with Gasteiger partial charge in [-0.05, 0) is 12.1 Å². The number of rotatable bonds is 3. The number of nitrogens with zero attached hydrogens (tertiary/aromatic N) is 2. The molecule has 82 valence electrons. The Balaban J connectivity index is 2.08. The Morgan fingerprint density at radius 1 is 1.31 bits per heavy atom. The molecule has 0 radical (unpaired) electrons. The third-order valence-corrected chi connectivity index (χ3v) is 2.32. The molecule has 0 fully saturated rings. The molecule has 0 bridgehead atoms. The van der Waals surface area contributed by atoms with Crippen molar-refractivity contribution in [2.24, 2.45) is 0 Å². The lowest BCUT2D eigenvalue weighted by molar-refractivity contribution is 0.630. The fourth-order valence-electron chi connectivity index (χ4n) is 1.25. The molecule has 2 rings (SSSR count). The van der Waals surface area contributed by atoms with Gasteiger partial charge in [0.25, 0.3) is 0 Å². The SMILES string of the molecule is Fc1c(Cl)cccc1NCc1cnccn1. The third kappa shape index (κ3) is 2.46. The molecule has 2 aromatic rings. The van der Waals surface area contributed by atoms with E-state index >= 15 is 0 Å². The van der Waals surface area contributed by atoms with Crippen molar-refractivity contribution in [1.82, 2.24) is 9.97 Å². The summed E-state index contributed by atoms with van der Waals surface area (Å²) in [5, 5.41) is 3.01. The van der Waals surface area contributed by atoms with Crippen molar-refractivity contribution in [2.75, 3.05) is 5.32 Å². The Morgan fingerprint density at radius 2 is 2.19 bits per heavy atom. The van der Waals surface area contributed by atoms with E-state index in [2.05, 4.69) is 15.3 Å². The van der Waals surface area contributed by atoms with E-state index in [1.165, 1.54) is 6.07 Å². The maximum absolute atomic E-state index is 13.5. The lowest BCUT2D eigenvalue weighted by atomic mass is 10.3. The van der Waals surface area contributed by atoms with Gasteiger partial charge in [-0.15, -0.1) is 0 Å². The van der Waals surface area contributed by atoms with Crippen LogP contribution < -0.4 is 5.32 Å². The Hall–Kier alpha value is -1.68. The molecule has 0 aliphatic heterocycles. The van der Waals surface area contributed by atoms with Crippen LogP contribution in [0.4, 0.5) is 10.1 Å². The summed E-state index contributed by atoms with van der Waals surface area (Å²) in [5.41, 5.74) is 1.10. The highest BCUT2D eigenvalue weighted by Crippen LogP contribution is 2.22. The Labute approximate surface area is 97.3 Å². The first kappa shape index (κ1) is 10.8. The molecule has 1 heterocycles. The zero-order valence-corrected chi connectivity index (χ0v) is 9.08. The first-order chi connectivity index (χ1) is 7.77. The summed E-state index contributed by atoms with van der Waals surface area (Å²) in [6.45, 7) is 0.408. The summed E-state index contributed by atoms with van der Waals surface area (Å²) in [5.74, 6) is -0.451. The van der Waals surface area contributed by atoms with Gasteiger partial charge >= 0.3 is 0 Å². The van der Waals surface area contributed by atoms with Gasteiger partial charge < -0.3 is 5.32 Å². The Bertz CT molecular complexity index is 476. The van der Waals surface area contributed by atoms with E-state index in [0.29, 0.717) is 12.2 Å². The van der Waals surface area contributed by atoms with Crippen LogP contribution in [0.25, 0.3) is 0 Å². The largest absolute Gasteiger partial charge is 0.377 e. The van der Waals surface area contributed by atoms with Gasteiger partial charge in [-0.3, -0.25) is 9.97 Å². The first-order valence-electron chi connectivity index (χ1n) is 4.70. The highest BCUT2D eigenvalue weighted by molar-refractivity contribution is 6.31. The van der Waals surface area contributed by atoms with Crippen molar-refractivity contribution < 1.29 is 4.39 Å². The molecule has 0 unspecified atom stereocenters. The third-order valence-electron chi connectivity index (χ3n) is 2.03. The molecule has 0 saturated carbocycles. The van der Waals surface area contributed by atoms with Crippen molar-refractivity contribution >= 4 is 17.3 Å². The summed E-state index contributed by atoms with van der Waals surface area (Å²) in [6.07, 6.45) is 4.80. The highest BCUT2D eigenvalue weighted by atomic mass is 35.5. The van der Waals surface area contributed by atoms with Crippen LogP contribution in [0.2, 0.25) is 5.02 Å². The van der Waals surface area contributed by atoms with E-state index in [1.54, 1.807) is 30.7 Å². The second kappa shape index (κ2) is 4.90. The second-order valence-corrected chi connectivity index (χ2v) is 3.56. The number of aromatic nitrogens is 2. The zero-order valence-electron chi connectivity index (χ0n) is 8.32. The van der Waals surface area contributed by atoms with Crippen LogP contribution >= 0.6 is 11.6 Å². The number of nitrogens with one attached hydrogen (secondary N) is 1. The number of anilines is 1. The molecular weight excluding hydrogens is 229 g/mol. The molecule has 0 aliphatic rings.